The first-order chi connectivity index (χ1) is 13.9. The minimum absolute atomic E-state index is 0.940. The lowest BCUT2D eigenvalue weighted by atomic mass is 9.96. The van der Waals surface area contributed by atoms with Crippen molar-refractivity contribution in [1.82, 2.24) is 4.98 Å². The minimum atomic E-state index is 0.940. The van der Waals surface area contributed by atoms with Gasteiger partial charge in [-0.15, -0.1) is 0 Å². The van der Waals surface area contributed by atoms with Crippen molar-refractivity contribution in [1.29, 1.82) is 0 Å². The van der Waals surface area contributed by atoms with Crippen LogP contribution in [0, 0.1) is 0 Å². The fourth-order valence-electron chi connectivity index (χ4n) is 4.75. The van der Waals surface area contributed by atoms with Gasteiger partial charge in [0.25, 0.3) is 0 Å². The summed E-state index contributed by atoms with van der Waals surface area (Å²) in [5.41, 5.74) is 4.26. The summed E-state index contributed by atoms with van der Waals surface area (Å²) < 4.78 is 6.35. The number of fused-ring (bicyclic) bond motifs is 11. The van der Waals surface area contributed by atoms with Gasteiger partial charge in [-0.1, -0.05) is 60.7 Å². The number of aromatic amines is 1. The van der Waals surface area contributed by atoms with Crippen molar-refractivity contribution in [2.24, 2.45) is 0 Å². The number of nitrogens with one attached hydrogen (secondary N) is 1. The number of para-hydroxylation sites is 2. The molecule has 0 aliphatic heterocycles. The van der Waals surface area contributed by atoms with Gasteiger partial charge in [0, 0.05) is 38.0 Å². The number of hydrogen-bond donors (Lipinski definition) is 1. The normalized spacial score (nSPS) is 12.3. The van der Waals surface area contributed by atoms with Crippen LogP contribution in [0.4, 0.5) is 0 Å². The van der Waals surface area contributed by atoms with E-state index in [9.17, 15) is 0 Å². The highest BCUT2D eigenvalue weighted by Gasteiger charge is 2.14. The molecule has 0 atom stereocenters. The van der Waals surface area contributed by atoms with Crippen LogP contribution in [0.2, 0.25) is 0 Å². The van der Waals surface area contributed by atoms with Gasteiger partial charge in [-0.3, -0.25) is 0 Å². The average molecular weight is 357 g/mol. The summed E-state index contributed by atoms with van der Waals surface area (Å²) in [7, 11) is 0. The topological polar surface area (TPSA) is 28.9 Å². The molecule has 0 spiro atoms. The Morgan fingerprint density at radius 2 is 1.21 bits per heavy atom. The molecule has 1 N–H and O–H groups in total. The van der Waals surface area contributed by atoms with Gasteiger partial charge in [-0.2, -0.15) is 0 Å². The molecule has 0 saturated heterocycles. The molecule has 7 aromatic rings. The molecule has 0 aliphatic rings. The molecule has 28 heavy (non-hydrogen) atoms. The molecule has 0 radical (unpaired) electrons. The molecule has 0 unspecified atom stereocenters. The van der Waals surface area contributed by atoms with Crippen LogP contribution in [0.3, 0.4) is 0 Å². The Morgan fingerprint density at radius 1 is 0.500 bits per heavy atom. The van der Waals surface area contributed by atoms with E-state index in [1.54, 1.807) is 0 Å². The molecule has 5 aromatic carbocycles. The van der Waals surface area contributed by atoms with Crippen LogP contribution < -0.4 is 0 Å². The molecule has 2 nitrogen and oxygen atoms in total. The van der Waals surface area contributed by atoms with Crippen LogP contribution in [0.15, 0.2) is 89.3 Å². The van der Waals surface area contributed by atoms with E-state index in [2.05, 4.69) is 77.8 Å². The number of hydrogen-bond acceptors (Lipinski definition) is 1. The molecule has 0 amide bonds. The smallest absolute Gasteiger partial charge is 0.143 e. The Labute approximate surface area is 160 Å². The third kappa shape index (κ3) is 1.68. The Morgan fingerprint density at radius 3 is 2.14 bits per heavy atom. The number of benzene rings is 5. The zero-order valence-electron chi connectivity index (χ0n) is 15.0. The predicted octanol–water partition coefficient (Wildman–Crippen LogP) is 7.53. The third-order valence-electron chi connectivity index (χ3n) is 5.99. The highest BCUT2D eigenvalue weighted by molar-refractivity contribution is 6.29. The molecular formula is C26H15NO. The average Bonchev–Trinajstić information content (AvgIpc) is 3.31. The van der Waals surface area contributed by atoms with Crippen LogP contribution >= 0.6 is 0 Å². The predicted molar refractivity (Wildman–Crippen MR) is 118 cm³/mol. The number of aromatic nitrogens is 1. The lowest BCUT2D eigenvalue weighted by Crippen LogP contribution is -1.80. The van der Waals surface area contributed by atoms with Crippen molar-refractivity contribution in [3.05, 3.63) is 84.9 Å². The van der Waals surface area contributed by atoms with Gasteiger partial charge >= 0.3 is 0 Å². The van der Waals surface area contributed by atoms with Crippen molar-refractivity contribution >= 4 is 65.3 Å². The Kier molecular flexibility index (Phi) is 2.52. The van der Waals surface area contributed by atoms with E-state index in [-0.39, 0.29) is 0 Å². The van der Waals surface area contributed by atoms with E-state index in [4.69, 9.17) is 4.42 Å². The molecule has 7 rings (SSSR count). The Bertz CT molecular complexity index is 1720. The maximum atomic E-state index is 6.35. The fourth-order valence-corrected chi connectivity index (χ4v) is 4.75. The quantitative estimate of drug-likeness (QED) is 0.279. The van der Waals surface area contributed by atoms with Gasteiger partial charge in [0.1, 0.15) is 11.2 Å². The second-order valence-corrected chi connectivity index (χ2v) is 7.46. The molecule has 2 heteroatoms. The molecule has 2 heterocycles. The van der Waals surface area contributed by atoms with Crippen molar-refractivity contribution in [2.45, 2.75) is 0 Å². The summed E-state index contributed by atoms with van der Waals surface area (Å²) in [4.78, 5) is 3.55. The van der Waals surface area contributed by atoms with E-state index in [0.29, 0.717) is 0 Å². The van der Waals surface area contributed by atoms with Crippen LogP contribution in [-0.4, -0.2) is 4.98 Å². The van der Waals surface area contributed by atoms with E-state index < -0.39 is 0 Å². The summed E-state index contributed by atoms with van der Waals surface area (Å²) >= 11 is 0. The number of furan rings is 1. The first kappa shape index (κ1) is 14.3. The Hall–Kier alpha value is -3.78. The summed E-state index contributed by atoms with van der Waals surface area (Å²) in [6, 6.07) is 30.1. The van der Waals surface area contributed by atoms with Crippen LogP contribution in [-0.2, 0) is 0 Å². The first-order valence-electron chi connectivity index (χ1n) is 9.54. The van der Waals surface area contributed by atoms with Gasteiger partial charge in [0.15, 0.2) is 0 Å². The van der Waals surface area contributed by atoms with Crippen LogP contribution in [0.5, 0.6) is 0 Å². The third-order valence-corrected chi connectivity index (χ3v) is 5.99. The Balaban J connectivity index is 1.77. The van der Waals surface area contributed by atoms with Gasteiger partial charge in [-0.05, 0) is 40.4 Å². The SMILES string of the molecule is c1ccc2c(c1)[nH]c1ccc3c(ccc4ccc5c6ccccc6oc5c43)c12. The van der Waals surface area contributed by atoms with Crippen LogP contribution in [0.25, 0.3) is 65.3 Å². The van der Waals surface area contributed by atoms with Crippen molar-refractivity contribution < 1.29 is 4.42 Å². The van der Waals surface area contributed by atoms with E-state index in [1.807, 2.05) is 12.1 Å². The van der Waals surface area contributed by atoms with Crippen molar-refractivity contribution in [2.75, 3.05) is 0 Å². The molecule has 130 valence electrons. The van der Waals surface area contributed by atoms with Crippen molar-refractivity contribution in [3.63, 3.8) is 0 Å². The molecule has 0 aliphatic carbocycles. The summed E-state index contributed by atoms with van der Waals surface area (Å²) in [6.45, 7) is 0. The van der Waals surface area contributed by atoms with E-state index in [1.165, 1.54) is 54.1 Å². The maximum absolute atomic E-state index is 6.35. The highest BCUT2D eigenvalue weighted by atomic mass is 16.3. The lowest BCUT2D eigenvalue weighted by Gasteiger charge is -2.06. The zero-order valence-corrected chi connectivity index (χ0v) is 15.0. The van der Waals surface area contributed by atoms with Crippen LogP contribution in [0.1, 0.15) is 0 Å². The van der Waals surface area contributed by atoms with Gasteiger partial charge < -0.3 is 9.40 Å². The van der Waals surface area contributed by atoms with Crippen molar-refractivity contribution in [3.8, 4) is 0 Å². The molecule has 0 fully saturated rings. The summed E-state index contributed by atoms with van der Waals surface area (Å²) in [5.74, 6) is 0. The van der Waals surface area contributed by atoms with E-state index >= 15 is 0 Å². The lowest BCUT2D eigenvalue weighted by molar-refractivity contribution is 0.673. The molecule has 0 saturated carbocycles. The van der Waals surface area contributed by atoms with Gasteiger partial charge in [-0.25, -0.2) is 0 Å². The van der Waals surface area contributed by atoms with Gasteiger partial charge in [0.2, 0.25) is 0 Å². The first-order valence-corrected chi connectivity index (χ1v) is 9.54. The summed E-state index contributed by atoms with van der Waals surface area (Å²) in [6.07, 6.45) is 0. The second-order valence-electron chi connectivity index (χ2n) is 7.46. The standard InChI is InChI=1S/C26H15NO/c1-3-7-21-20(6-1)25-18-11-9-15-10-12-19-16-5-2-4-8-23(16)28-26(19)24(15)17(18)13-14-22(25)27-21/h1-14,27H. The molecular weight excluding hydrogens is 342 g/mol. The molecule has 2 aromatic heterocycles. The minimum Gasteiger partial charge on any atom is -0.455 e. The number of rotatable bonds is 0. The van der Waals surface area contributed by atoms with E-state index in [0.717, 1.165) is 11.2 Å². The molecule has 0 bridgehead atoms. The number of H-pyrrole nitrogens is 1. The summed E-state index contributed by atoms with van der Waals surface area (Å²) in [5, 5.41) is 9.79. The zero-order chi connectivity index (χ0) is 18.2. The maximum Gasteiger partial charge on any atom is 0.143 e. The fraction of sp³-hybridized carbons (Fsp3) is 0. The largest absolute Gasteiger partial charge is 0.455 e. The highest BCUT2D eigenvalue weighted by Crippen LogP contribution is 2.40. The monoisotopic (exact) mass is 357 g/mol. The second kappa shape index (κ2) is 4.93. The van der Waals surface area contributed by atoms with Gasteiger partial charge in [0.05, 0.1) is 0 Å².